The van der Waals surface area contributed by atoms with Crippen molar-refractivity contribution in [3.8, 4) is 39.8 Å². The van der Waals surface area contributed by atoms with Gasteiger partial charge in [-0.15, -0.1) is 0 Å². The molecule has 22 rings (SSSR count). The van der Waals surface area contributed by atoms with Crippen LogP contribution in [0.25, 0.3) is 143 Å². The lowest BCUT2D eigenvalue weighted by Gasteiger charge is -2.37. The highest BCUT2D eigenvalue weighted by molar-refractivity contribution is 6.14. The fraction of sp³-hybridized carbons (Fsp3) is 0.0283. The molecule has 0 saturated carbocycles. The molecule has 0 N–H and O–H groups in total. The van der Waals surface area contributed by atoms with Gasteiger partial charge in [0.15, 0.2) is 17.5 Å². The molecule has 9 heteroatoms. The Balaban J connectivity index is 0.738. The van der Waals surface area contributed by atoms with Gasteiger partial charge in [-0.25, -0.2) is 15.0 Å². The summed E-state index contributed by atoms with van der Waals surface area (Å²) < 4.78 is 7.14. The molecule has 0 bridgehead atoms. The van der Waals surface area contributed by atoms with Crippen molar-refractivity contribution in [2.24, 2.45) is 5.92 Å². The summed E-state index contributed by atoms with van der Waals surface area (Å²) in [6, 6.07) is 143. The molecule has 0 fully saturated rings. The van der Waals surface area contributed by atoms with Gasteiger partial charge in [0.2, 0.25) is 0 Å². The number of aromatic nitrogens is 6. The maximum Gasteiger partial charge on any atom is 0.164 e. The van der Waals surface area contributed by atoms with Crippen LogP contribution in [0.2, 0.25) is 0 Å². The zero-order valence-electron chi connectivity index (χ0n) is 62.9. The van der Waals surface area contributed by atoms with E-state index in [1.165, 1.54) is 37.7 Å². The lowest BCUT2D eigenvalue weighted by molar-refractivity contribution is 0.611. The first-order valence-corrected chi connectivity index (χ1v) is 39.4. The Morgan fingerprint density at radius 1 is 0.243 bits per heavy atom. The Morgan fingerprint density at radius 3 is 0.991 bits per heavy atom. The van der Waals surface area contributed by atoms with Crippen molar-refractivity contribution < 1.29 is 0 Å². The second-order valence-electron chi connectivity index (χ2n) is 30.0. The van der Waals surface area contributed by atoms with Crippen LogP contribution in [0.5, 0.6) is 0 Å². The molecule has 1 aliphatic rings. The molecule has 21 aromatic rings. The number of fused-ring (bicyclic) bond motifs is 12. The standard InChI is InChI=1S/C106H73N9/c1-70-47-48-79(66-103(70)112(87-54-51-73-27-13-16-30-76(73)63-87)90-57-60-102-96(69-90)93-43-19-22-46-99(93)115(102)82-37-9-4-10-38-82)106-108-104(77-31-23-39-83(64-77)110(85-52-49-71-25-11-14-28-74(71)61-85)88-55-58-100-94(67-88)91-41-17-20-44-97(91)113(100)80-33-5-2-6-34-80)107-105(109-106)78-32-24-40-84(65-78)111(86-53-50-72-26-12-15-29-75(72)62-86)89-56-59-101-95(68-89)92-42-18-21-45-98(92)114(101)81-35-7-3-8-36-81/h2-70,103H,1H3. The maximum atomic E-state index is 5.72. The molecule has 0 radical (unpaired) electrons. The van der Waals surface area contributed by atoms with Crippen molar-refractivity contribution in [2.75, 3.05) is 14.7 Å². The van der Waals surface area contributed by atoms with Crippen LogP contribution < -0.4 is 14.7 Å². The molecule has 9 nitrogen and oxygen atoms in total. The number of para-hydroxylation sites is 6. The summed E-state index contributed by atoms with van der Waals surface area (Å²) >= 11 is 0. The Kier molecular flexibility index (Phi) is 16.1. The second-order valence-corrected chi connectivity index (χ2v) is 30.0. The molecule has 0 spiro atoms. The van der Waals surface area contributed by atoms with E-state index in [1.807, 2.05) is 0 Å². The lowest BCUT2D eigenvalue weighted by atomic mass is 9.90. The minimum atomic E-state index is -0.208. The summed E-state index contributed by atoms with van der Waals surface area (Å²) in [6.07, 6.45) is 6.96. The fourth-order valence-corrected chi connectivity index (χ4v) is 17.8. The Bertz CT molecular complexity index is 7180. The zero-order chi connectivity index (χ0) is 76.0. The third-order valence-corrected chi connectivity index (χ3v) is 23.2. The van der Waals surface area contributed by atoms with Crippen LogP contribution in [0, 0.1) is 5.92 Å². The van der Waals surface area contributed by atoms with E-state index < -0.39 is 0 Å². The number of hydrogen-bond acceptors (Lipinski definition) is 6. The predicted molar refractivity (Wildman–Crippen MR) is 481 cm³/mol. The van der Waals surface area contributed by atoms with Gasteiger partial charge in [-0.1, -0.05) is 250 Å². The first-order chi connectivity index (χ1) is 56.9. The number of anilines is 8. The van der Waals surface area contributed by atoms with Gasteiger partial charge in [-0.3, -0.25) is 0 Å². The molecule has 0 amide bonds. The zero-order valence-corrected chi connectivity index (χ0v) is 62.9. The van der Waals surface area contributed by atoms with E-state index in [0.29, 0.717) is 17.5 Å². The fourth-order valence-electron chi connectivity index (χ4n) is 17.8. The molecule has 4 aromatic heterocycles. The van der Waals surface area contributed by atoms with Crippen LogP contribution in [-0.4, -0.2) is 34.7 Å². The Hall–Kier alpha value is -15.2. The van der Waals surface area contributed by atoms with Gasteiger partial charge in [-0.05, 0) is 208 Å². The molecule has 2 unspecified atom stereocenters. The van der Waals surface area contributed by atoms with Gasteiger partial charge in [0, 0.05) is 112 Å². The number of rotatable bonds is 15. The smallest absolute Gasteiger partial charge is 0.164 e. The topological polar surface area (TPSA) is 63.2 Å². The molecular weight excluding hydrogens is 1400 g/mol. The summed E-state index contributed by atoms with van der Waals surface area (Å²) in [7, 11) is 0. The minimum Gasteiger partial charge on any atom is -0.334 e. The van der Waals surface area contributed by atoms with Crippen LogP contribution in [0.3, 0.4) is 0 Å². The summed E-state index contributed by atoms with van der Waals surface area (Å²) in [4.78, 5) is 24.4. The van der Waals surface area contributed by atoms with E-state index in [4.69, 9.17) is 15.0 Å². The third-order valence-electron chi connectivity index (χ3n) is 23.2. The molecule has 115 heavy (non-hydrogen) atoms. The monoisotopic (exact) mass is 1470 g/mol. The van der Waals surface area contributed by atoms with Crippen molar-refractivity contribution >= 4 is 149 Å². The van der Waals surface area contributed by atoms with Gasteiger partial charge < -0.3 is 28.4 Å². The molecule has 17 aromatic carbocycles. The molecule has 542 valence electrons. The molecular formula is C106H73N9. The summed E-state index contributed by atoms with van der Waals surface area (Å²) in [6.45, 7) is 2.32. The summed E-state index contributed by atoms with van der Waals surface area (Å²) in [5, 5.41) is 14.0. The predicted octanol–water partition coefficient (Wildman–Crippen LogP) is 27.7. The SMILES string of the molecule is CC1C=CC(c2nc(-c3cccc(N(c4ccc5ccccc5c4)c4ccc5c(c4)c4ccccc4n5-c4ccccc4)c3)nc(-c3cccc(N(c4ccc5ccccc5c4)c4ccc5c(c4)c4ccccc4n5-c4ccccc4)c3)n2)=CC1N(c1ccc2ccccc2c1)c1ccc2c(c1)c1ccccc1n2-c1ccccc1. The van der Waals surface area contributed by atoms with Crippen molar-refractivity contribution in [1.82, 2.24) is 28.7 Å². The number of benzene rings is 17. The quantitative estimate of drug-likeness (QED) is 0.102. The Labute approximate surface area is 665 Å². The van der Waals surface area contributed by atoms with Crippen molar-refractivity contribution in [2.45, 2.75) is 13.0 Å². The molecule has 1 aliphatic carbocycles. The van der Waals surface area contributed by atoms with E-state index in [9.17, 15) is 0 Å². The van der Waals surface area contributed by atoms with E-state index in [-0.39, 0.29) is 12.0 Å². The largest absolute Gasteiger partial charge is 0.334 e. The van der Waals surface area contributed by atoms with E-state index in [2.05, 4.69) is 448 Å². The highest BCUT2D eigenvalue weighted by Gasteiger charge is 2.30. The first kappa shape index (κ1) is 66.8. The van der Waals surface area contributed by atoms with Gasteiger partial charge in [0.25, 0.3) is 0 Å². The lowest BCUT2D eigenvalue weighted by Crippen LogP contribution is -2.35. The van der Waals surface area contributed by atoms with Crippen molar-refractivity contribution in [1.29, 1.82) is 0 Å². The number of hydrogen-bond donors (Lipinski definition) is 0. The van der Waals surface area contributed by atoms with Crippen LogP contribution in [0.15, 0.2) is 413 Å². The molecule has 0 aliphatic heterocycles. The van der Waals surface area contributed by atoms with E-state index in [1.54, 1.807) is 0 Å². The highest BCUT2D eigenvalue weighted by Crippen LogP contribution is 2.47. The molecule has 0 saturated heterocycles. The van der Waals surface area contributed by atoms with Crippen molar-refractivity contribution in [3.63, 3.8) is 0 Å². The van der Waals surface area contributed by atoms with Crippen LogP contribution in [0.1, 0.15) is 12.7 Å². The number of allylic oxidation sites excluding steroid dienone is 2. The normalized spacial score (nSPS) is 13.6. The number of nitrogens with zero attached hydrogens (tertiary/aromatic N) is 9. The summed E-state index contributed by atoms with van der Waals surface area (Å²) in [5.74, 6) is 1.67. The average Bonchev–Trinajstić information content (AvgIpc) is 1.61. The maximum absolute atomic E-state index is 5.72. The molecule has 2 atom stereocenters. The van der Waals surface area contributed by atoms with Crippen LogP contribution in [-0.2, 0) is 0 Å². The van der Waals surface area contributed by atoms with Crippen molar-refractivity contribution in [3.05, 3.63) is 418 Å². The van der Waals surface area contributed by atoms with Gasteiger partial charge >= 0.3 is 0 Å². The first-order valence-electron chi connectivity index (χ1n) is 39.4. The second kappa shape index (κ2) is 27.7. The van der Waals surface area contributed by atoms with E-state index in [0.717, 1.165) is 139 Å². The Morgan fingerprint density at radius 2 is 0.557 bits per heavy atom. The minimum absolute atomic E-state index is 0.0381. The van der Waals surface area contributed by atoms with Crippen LogP contribution >= 0.6 is 0 Å². The van der Waals surface area contributed by atoms with Gasteiger partial charge in [0.05, 0.1) is 39.1 Å². The van der Waals surface area contributed by atoms with Gasteiger partial charge in [0.1, 0.15) is 0 Å². The van der Waals surface area contributed by atoms with Crippen LogP contribution in [0.4, 0.5) is 45.5 Å². The summed E-state index contributed by atoms with van der Waals surface area (Å²) in [5.41, 5.74) is 20.8. The van der Waals surface area contributed by atoms with Gasteiger partial charge in [-0.2, -0.15) is 0 Å². The van der Waals surface area contributed by atoms with E-state index >= 15 is 0 Å². The highest BCUT2D eigenvalue weighted by atomic mass is 15.2. The third kappa shape index (κ3) is 11.7. The molecule has 4 heterocycles. The average molecular weight is 1470 g/mol.